The average molecular weight is 1060 g/mol. The molecule has 0 saturated heterocycles. The van der Waals surface area contributed by atoms with Gasteiger partial charge in [-0.2, -0.15) is 0 Å². The first-order chi connectivity index (χ1) is 36.2. The number of rotatable bonds is 55. The van der Waals surface area contributed by atoms with Crippen molar-refractivity contribution in [1.29, 1.82) is 0 Å². The number of phosphoric ester groups is 1. The maximum atomic E-state index is 12.9. The number of unbranched alkanes of at least 4 members (excludes halogenated alkanes) is 26. The van der Waals surface area contributed by atoms with Crippen molar-refractivity contribution in [2.45, 2.75) is 277 Å². The number of carbonyl (C=O) groups is 3. The molecule has 428 valence electrons. The number of allylic oxidation sites excluding steroid dienone is 12. The van der Waals surface area contributed by atoms with Gasteiger partial charge in [-0.3, -0.25) is 23.4 Å². The predicted octanol–water partition coefficient (Wildman–Crippen LogP) is 17.7. The number of hydrogen-bond acceptors (Lipinski definition) is 10. The summed E-state index contributed by atoms with van der Waals surface area (Å²) >= 11 is 0. The van der Waals surface area contributed by atoms with E-state index in [9.17, 15) is 28.9 Å². The van der Waals surface area contributed by atoms with E-state index >= 15 is 0 Å². The van der Waals surface area contributed by atoms with E-state index in [2.05, 4.69) is 93.7 Å². The van der Waals surface area contributed by atoms with Gasteiger partial charge in [0.15, 0.2) is 6.10 Å². The number of hydrogen-bond donors (Lipinski definition) is 2. The van der Waals surface area contributed by atoms with Crippen molar-refractivity contribution >= 4 is 25.7 Å². The van der Waals surface area contributed by atoms with Crippen LogP contribution in [-0.2, 0) is 42.2 Å². The number of aliphatic hydroxyl groups excluding tert-OH is 1. The minimum absolute atomic E-state index is 0.137. The number of phosphoric acid groups is 1. The van der Waals surface area contributed by atoms with Crippen LogP contribution in [0.1, 0.15) is 265 Å². The van der Waals surface area contributed by atoms with Crippen molar-refractivity contribution in [3.8, 4) is 0 Å². The first-order valence-corrected chi connectivity index (χ1v) is 31.3. The van der Waals surface area contributed by atoms with Crippen molar-refractivity contribution < 1.29 is 52.2 Å². The lowest BCUT2D eigenvalue weighted by atomic mass is 10.1. The first kappa shape index (κ1) is 70.9. The van der Waals surface area contributed by atoms with E-state index in [0.717, 1.165) is 116 Å². The van der Waals surface area contributed by atoms with Gasteiger partial charge in [-0.25, -0.2) is 4.57 Å². The normalized spacial score (nSPS) is 13.9. The molecule has 0 amide bonds. The molecule has 0 aromatic heterocycles. The number of carbonyl (C=O) groups excluding carboxylic acids is 3. The van der Waals surface area contributed by atoms with E-state index in [0.29, 0.717) is 19.3 Å². The molecule has 3 atom stereocenters. The highest BCUT2D eigenvalue weighted by atomic mass is 31.2. The van der Waals surface area contributed by atoms with Gasteiger partial charge < -0.3 is 24.2 Å². The summed E-state index contributed by atoms with van der Waals surface area (Å²) in [5, 5.41) is 9.81. The van der Waals surface area contributed by atoms with Crippen LogP contribution in [0, 0.1) is 0 Å². The minimum Gasteiger partial charge on any atom is -0.462 e. The fourth-order valence-electron chi connectivity index (χ4n) is 8.04. The van der Waals surface area contributed by atoms with Crippen molar-refractivity contribution in [2.75, 3.05) is 26.4 Å². The fraction of sp³-hybridized carbons (Fsp3) is 0.758. The fourth-order valence-corrected chi connectivity index (χ4v) is 8.83. The highest BCUT2D eigenvalue weighted by Gasteiger charge is 2.28. The molecule has 11 nitrogen and oxygen atoms in total. The third kappa shape index (κ3) is 53.7. The van der Waals surface area contributed by atoms with Crippen LogP contribution in [-0.4, -0.2) is 66.5 Å². The maximum absolute atomic E-state index is 12.9. The van der Waals surface area contributed by atoms with E-state index in [-0.39, 0.29) is 25.9 Å². The molecule has 0 spiro atoms. The van der Waals surface area contributed by atoms with Gasteiger partial charge in [-0.1, -0.05) is 209 Å². The second kappa shape index (κ2) is 56.1. The van der Waals surface area contributed by atoms with Crippen molar-refractivity contribution in [2.24, 2.45) is 0 Å². The summed E-state index contributed by atoms with van der Waals surface area (Å²) in [5.41, 5.74) is 0. The second-order valence-corrected chi connectivity index (χ2v) is 21.2. The molecule has 0 bridgehead atoms. The SMILES string of the molecule is CC/C=C\C/C=C\C/C=C\C/C=C\CCCCCCC(=O)OC(COC(=O)CCCCCCCCC/C=C\CCCCCCCC)COP(=O)(O)OCC(CO)OC(=O)CCCCCCC/C=C\CCCCCC. The standard InChI is InChI=1S/C62H109O11P/c1-4-7-10-13-16-19-22-25-27-29-31-34-36-39-42-45-48-51-60(64)69-55-59(73-62(66)53-50-47-44-41-38-35-32-30-28-26-23-20-17-14-11-8-5-2)57-71-74(67,68)70-56-58(54-63)72-61(65)52-49-46-43-40-37-33-24-21-18-15-12-9-6-3/h8,11,17,20-21,24-28,32,35,58-59,63H,4-7,9-10,12-16,18-19,22-23,29-31,33-34,36-57H2,1-3H3,(H,67,68)/b11-8-,20-17-,24-21-,27-25-,28-26-,35-32-. The quantitative estimate of drug-likeness (QED) is 0.0197. The molecule has 12 heteroatoms. The number of ether oxygens (including phenoxy) is 3. The summed E-state index contributed by atoms with van der Waals surface area (Å²) in [4.78, 5) is 48.6. The van der Waals surface area contributed by atoms with Gasteiger partial charge in [0.2, 0.25) is 0 Å². The Morgan fingerprint density at radius 1 is 0.392 bits per heavy atom. The molecule has 0 radical (unpaired) electrons. The summed E-state index contributed by atoms with van der Waals surface area (Å²) in [5.74, 6) is -1.50. The number of aliphatic hydroxyl groups is 1. The van der Waals surface area contributed by atoms with Crippen LogP contribution < -0.4 is 0 Å². The topological polar surface area (TPSA) is 155 Å². The molecule has 0 aromatic rings. The van der Waals surface area contributed by atoms with Gasteiger partial charge in [0.1, 0.15) is 12.7 Å². The van der Waals surface area contributed by atoms with Gasteiger partial charge in [0.05, 0.1) is 19.8 Å². The van der Waals surface area contributed by atoms with E-state index in [1.165, 1.54) is 89.9 Å². The lowest BCUT2D eigenvalue weighted by molar-refractivity contribution is -0.161. The molecule has 0 aliphatic heterocycles. The van der Waals surface area contributed by atoms with Crippen LogP contribution in [0.5, 0.6) is 0 Å². The third-order valence-electron chi connectivity index (χ3n) is 12.6. The van der Waals surface area contributed by atoms with Crippen LogP contribution in [0.25, 0.3) is 0 Å². The zero-order chi connectivity index (χ0) is 54.1. The first-order valence-electron chi connectivity index (χ1n) is 29.8. The molecule has 0 rings (SSSR count). The zero-order valence-electron chi connectivity index (χ0n) is 47.3. The van der Waals surface area contributed by atoms with Crippen LogP contribution in [0.3, 0.4) is 0 Å². The largest absolute Gasteiger partial charge is 0.472 e. The van der Waals surface area contributed by atoms with Gasteiger partial charge in [0.25, 0.3) is 0 Å². The van der Waals surface area contributed by atoms with Crippen LogP contribution in [0.15, 0.2) is 72.9 Å². The Balaban J connectivity index is 4.77. The maximum Gasteiger partial charge on any atom is 0.472 e. The second-order valence-electron chi connectivity index (χ2n) is 19.8. The molecular weight excluding hydrogens is 952 g/mol. The molecule has 0 aliphatic carbocycles. The van der Waals surface area contributed by atoms with E-state index in [1.807, 2.05) is 0 Å². The Bertz CT molecular complexity index is 1520. The van der Waals surface area contributed by atoms with Gasteiger partial charge in [-0.05, 0) is 109 Å². The van der Waals surface area contributed by atoms with E-state index in [1.54, 1.807) is 0 Å². The molecule has 3 unspecified atom stereocenters. The Morgan fingerprint density at radius 2 is 0.703 bits per heavy atom. The summed E-state index contributed by atoms with van der Waals surface area (Å²) < 4.78 is 39.5. The molecule has 74 heavy (non-hydrogen) atoms. The van der Waals surface area contributed by atoms with Crippen LogP contribution >= 0.6 is 7.82 Å². The molecular formula is C62H109O11P. The van der Waals surface area contributed by atoms with Gasteiger partial charge in [0, 0.05) is 19.3 Å². The van der Waals surface area contributed by atoms with Crippen molar-refractivity contribution in [1.82, 2.24) is 0 Å². The molecule has 0 heterocycles. The molecule has 0 aromatic carbocycles. The van der Waals surface area contributed by atoms with E-state index in [4.69, 9.17) is 23.3 Å². The Morgan fingerprint density at radius 3 is 1.11 bits per heavy atom. The van der Waals surface area contributed by atoms with E-state index < -0.39 is 57.8 Å². The Kier molecular flexibility index (Phi) is 53.8. The summed E-state index contributed by atoms with van der Waals surface area (Å²) in [7, 11) is -4.76. The number of esters is 3. The summed E-state index contributed by atoms with van der Waals surface area (Å²) in [6.45, 7) is 4.49. The third-order valence-corrected chi connectivity index (χ3v) is 13.5. The molecule has 0 saturated carbocycles. The lowest BCUT2D eigenvalue weighted by Crippen LogP contribution is -2.30. The highest BCUT2D eigenvalue weighted by Crippen LogP contribution is 2.43. The van der Waals surface area contributed by atoms with Crippen molar-refractivity contribution in [3.05, 3.63) is 72.9 Å². The monoisotopic (exact) mass is 1060 g/mol. The highest BCUT2D eigenvalue weighted by molar-refractivity contribution is 7.47. The predicted molar refractivity (Wildman–Crippen MR) is 307 cm³/mol. The minimum atomic E-state index is -4.76. The summed E-state index contributed by atoms with van der Waals surface area (Å²) in [6, 6.07) is 0. The average Bonchev–Trinajstić information content (AvgIpc) is 3.39. The van der Waals surface area contributed by atoms with Crippen LogP contribution in [0.4, 0.5) is 0 Å². The smallest absolute Gasteiger partial charge is 0.462 e. The summed E-state index contributed by atoms with van der Waals surface area (Å²) in [6.07, 6.45) is 62.8. The zero-order valence-corrected chi connectivity index (χ0v) is 48.2. The van der Waals surface area contributed by atoms with Gasteiger partial charge >= 0.3 is 25.7 Å². The van der Waals surface area contributed by atoms with Crippen molar-refractivity contribution in [3.63, 3.8) is 0 Å². The van der Waals surface area contributed by atoms with Gasteiger partial charge in [-0.15, -0.1) is 0 Å². The van der Waals surface area contributed by atoms with Crippen LogP contribution in [0.2, 0.25) is 0 Å². The molecule has 2 N–H and O–H groups in total. The molecule has 0 fully saturated rings. The molecule has 0 aliphatic rings. The Hall–Kier alpha value is -3.08. The lowest BCUT2D eigenvalue weighted by Gasteiger charge is -2.21. The Labute approximate surface area is 452 Å².